The van der Waals surface area contributed by atoms with Gasteiger partial charge in [-0.3, -0.25) is 19.5 Å². The fourth-order valence-corrected chi connectivity index (χ4v) is 3.69. The van der Waals surface area contributed by atoms with Gasteiger partial charge in [0.15, 0.2) is 5.17 Å². The van der Waals surface area contributed by atoms with E-state index in [9.17, 15) is 9.59 Å². The Kier molecular flexibility index (Phi) is 4.42. The summed E-state index contributed by atoms with van der Waals surface area (Å²) < 4.78 is 10.4. The molecule has 0 spiro atoms. The molecule has 1 N–H and O–H groups in total. The molecule has 0 aromatic heterocycles. The molecule has 3 rings (SSSR count). The molecule has 7 nitrogen and oxygen atoms in total. The van der Waals surface area contributed by atoms with Crippen LogP contribution in [0.3, 0.4) is 0 Å². The van der Waals surface area contributed by atoms with Crippen LogP contribution in [0.1, 0.15) is 6.42 Å². The van der Waals surface area contributed by atoms with Crippen LogP contribution < -0.4 is 14.8 Å². The van der Waals surface area contributed by atoms with Gasteiger partial charge in [-0.05, 0) is 12.1 Å². The van der Waals surface area contributed by atoms with Crippen LogP contribution in [0.25, 0.3) is 0 Å². The second-order valence-corrected chi connectivity index (χ2v) is 6.25. The summed E-state index contributed by atoms with van der Waals surface area (Å²) in [6, 6.07) is 5.15. The summed E-state index contributed by atoms with van der Waals surface area (Å²) in [5.41, 5.74) is 0.519. The molecule has 0 radical (unpaired) electrons. The Morgan fingerprint density at radius 3 is 2.96 bits per heavy atom. The van der Waals surface area contributed by atoms with Crippen LogP contribution >= 0.6 is 11.8 Å². The largest absolute Gasteiger partial charge is 0.497 e. The molecule has 1 atom stereocenters. The number of nitrogens with one attached hydrogen (secondary N) is 1. The van der Waals surface area contributed by atoms with Gasteiger partial charge >= 0.3 is 0 Å². The highest BCUT2D eigenvalue weighted by atomic mass is 32.2. The van der Waals surface area contributed by atoms with E-state index in [2.05, 4.69) is 10.3 Å². The smallest absolute Gasteiger partial charge is 0.242 e. The fourth-order valence-electron chi connectivity index (χ4n) is 2.49. The summed E-state index contributed by atoms with van der Waals surface area (Å²) in [5, 5.41) is 3.10. The van der Waals surface area contributed by atoms with E-state index in [4.69, 9.17) is 9.47 Å². The number of hydrogen-bond acceptors (Lipinski definition) is 6. The van der Waals surface area contributed by atoms with E-state index in [1.807, 2.05) is 0 Å². The molecular weight excluding hydrogens is 318 g/mol. The molecule has 1 fully saturated rings. The molecule has 2 aliphatic heterocycles. The van der Waals surface area contributed by atoms with E-state index < -0.39 is 5.25 Å². The Bertz CT molecular complexity index is 677. The maximum atomic E-state index is 12.3. The molecule has 0 bridgehead atoms. The highest BCUT2D eigenvalue weighted by molar-refractivity contribution is 8.15. The maximum Gasteiger partial charge on any atom is 0.242 e. The molecule has 1 unspecified atom stereocenters. The van der Waals surface area contributed by atoms with Gasteiger partial charge in [0.2, 0.25) is 11.8 Å². The van der Waals surface area contributed by atoms with Gasteiger partial charge < -0.3 is 14.8 Å². The van der Waals surface area contributed by atoms with Crippen LogP contribution in [0.4, 0.5) is 5.69 Å². The number of nitrogens with zero attached hydrogens (tertiary/aromatic N) is 2. The zero-order chi connectivity index (χ0) is 16.4. The summed E-state index contributed by atoms with van der Waals surface area (Å²) in [5.74, 6) is 0.861. The van der Waals surface area contributed by atoms with Crippen molar-refractivity contribution in [1.29, 1.82) is 0 Å². The lowest BCUT2D eigenvalue weighted by atomic mass is 10.2. The molecule has 0 aliphatic carbocycles. The van der Waals surface area contributed by atoms with Gasteiger partial charge in [-0.25, -0.2) is 0 Å². The van der Waals surface area contributed by atoms with E-state index in [0.29, 0.717) is 30.3 Å². The first kappa shape index (κ1) is 15.7. The number of hydrogen-bond donors (Lipinski definition) is 1. The number of thioether (sulfide) groups is 1. The zero-order valence-corrected chi connectivity index (χ0v) is 13.7. The molecule has 1 saturated heterocycles. The lowest BCUT2D eigenvalue weighted by molar-refractivity contribution is -0.127. The van der Waals surface area contributed by atoms with Crippen LogP contribution in [-0.4, -0.2) is 54.4 Å². The lowest BCUT2D eigenvalue weighted by Crippen LogP contribution is -2.32. The summed E-state index contributed by atoms with van der Waals surface area (Å²) in [6.07, 6.45) is 0.0966. The van der Waals surface area contributed by atoms with E-state index in [1.54, 1.807) is 30.2 Å². The Labute approximate surface area is 138 Å². The molecule has 23 heavy (non-hydrogen) atoms. The molecule has 8 heteroatoms. The van der Waals surface area contributed by atoms with E-state index >= 15 is 0 Å². The van der Waals surface area contributed by atoms with Crippen molar-refractivity contribution < 1.29 is 19.1 Å². The van der Waals surface area contributed by atoms with Crippen molar-refractivity contribution in [2.24, 2.45) is 4.99 Å². The van der Waals surface area contributed by atoms with Crippen molar-refractivity contribution in [3.05, 3.63) is 18.2 Å². The standard InChI is InChI=1S/C15H17N3O4S/c1-21-9-3-4-11(22-2)10(7-9)17-13(19)8-12-14(20)18-6-5-16-15(18)23-12/h3-4,7,12H,5-6,8H2,1-2H3,(H,17,19). The molecule has 0 saturated carbocycles. The summed E-state index contributed by atoms with van der Waals surface area (Å²) >= 11 is 1.36. The van der Waals surface area contributed by atoms with E-state index in [0.717, 1.165) is 5.17 Å². The zero-order valence-electron chi connectivity index (χ0n) is 12.9. The molecule has 1 aromatic rings. The average molecular weight is 335 g/mol. The van der Waals surface area contributed by atoms with Crippen LogP contribution in [0.5, 0.6) is 11.5 Å². The summed E-state index contributed by atoms with van der Waals surface area (Å²) in [7, 11) is 3.08. The maximum absolute atomic E-state index is 12.3. The number of carbonyl (C=O) groups excluding carboxylic acids is 2. The fraction of sp³-hybridized carbons (Fsp3) is 0.400. The lowest BCUT2D eigenvalue weighted by Gasteiger charge is -2.13. The van der Waals surface area contributed by atoms with Crippen molar-refractivity contribution in [3.63, 3.8) is 0 Å². The number of fused-ring (bicyclic) bond motifs is 1. The van der Waals surface area contributed by atoms with Gasteiger partial charge in [0, 0.05) is 19.0 Å². The van der Waals surface area contributed by atoms with Crippen molar-refractivity contribution >= 4 is 34.4 Å². The second-order valence-electron chi connectivity index (χ2n) is 5.08. The first-order valence-electron chi connectivity index (χ1n) is 7.16. The minimum absolute atomic E-state index is 0.0426. The van der Waals surface area contributed by atoms with E-state index in [-0.39, 0.29) is 18.2 Å². The number of anilines is 1. The third kappa shape index (κ3) is 3.12. The van der Waals surface area contributed by atoms with Crippen molar-refractivity contribution in [2.45, 2.75) is 11.7 Å². The van der Waals surface area contributed by atoms with E-state index in [1.165, 1.54) is 18.9 Å². The number of rotatable bonds is 5. The summed E-state index contributed by atoms with van der Waals surface area (Å²) in [6.45, 7) is 1.26. The first-order chi connectivity index (χ1) is 11.1. The Hall–Kier alpha value is -2.22. The number of ether oxygens (including phenoxy) is 2. The third-order valence-corrected chi connectivity index (χ3v) is 4.86. The molecule has 2 aliphatic rings. The predicted octanol–water partition coefficient (Wildman–Crippen LogP) is 1.35. The molecule has 2 amide bonds. The normalized spacial score (nSPS) is 19.4. The number of methoxy groups -OCH3 is 2. The van der Waals surface area contributed by atoms with Crippen molar-refractivity contribution in [2.75, 3.05) is 32.6 Å². The summed E-state index contributed by atoms with van der Waals surface area (Å²) in [4.78, 5) is 30.4. The topological polar surface area (TPSA) is 80.2 Å². The predicted molar refractivity (Wildman–Crippen MR) is 88.2 cm³/mol. The Morgan fingerprint density at radius 2 is 2.26 bits per heavy atom. The monoisotopic (exact) mass is 335 g/mol. The van der Waals surface area contributed by atoms with Gasteiger partial charge in [-0.1, -0.05) is 11.8 Å². The number of amidine groups is 1. The molecule has 1 aromatic carbocycles. The minimum Gasteiger partial charge on any atom is -0.497 e. The highest BCUT2D eigenvalue weighted by Gasteiger charge is 2.40. The quantitative estimate of drug-likeness (QED) is 0.878. The second kappa shape index (κ2) is 6.49. The number of benzene rings is 1. The van der Waals surface area contributed by atoms with Gasteiger partial charge in [0.1, 0.15) is 16.7 Å². The Balaban J connectivity index is 1.67. The van der Waals surface area contributed by atoms with Crippen LogP contribution in [0.15, 0.2) is 23.2 Å². The van der Waals surface area contributed by atoms with Crippen molar-refractivity contribution in [3.8, 4) is 11.5 Å². The highest BCUT2D eigenvalue weighted by Crippen LogP contribution is 2.33. The van der Waals surface area contributed by atoms with Crippen LogP contribution in [0, 0.1) is 0 Å². The number of amides is 2. The third-order valence-electron chi connectivity index (χ3n) is 3.64. The molecule has 122 valence electrons. The van der Waals surface area contributed by atoms with Gasteiger partial charge in [-0.15, -0.1) is 0 Å². The molecule has 2 heterocycles. The van der Waals surface area contributed by atoms with Gasteiger partial charge in [-0.2, -0.15) is 0 Å². The minimum atomic E-state index is -0.411. The number of carbonyl (C=O) groups is 2. The number of aliphatic imine (C=N–C) groups is 1. The van der Waals surface area contributed by atoms with Gasteiger partial charge in [0.25, 0.3) is 0 Å². The SMILES string of the molecule is COc1ccc(OC)c(NC(=O)CC2SC3=NCCN3C2=O)c1. The van der Waals surface area contributed by atoms with Gasteiger partial charge in [0.05, 0.1) is 26.5 Å². The Morgan fingerprint density at radius 1 is 1.43 bits per heavy atom. The van der Waals surface area contributed by atoms with Crippen LogP contribution in [-0.2, 0) is 9.59 Å². The average Bonchev–Trinajstić information content (AvgIpc) is 3.11. The molecular formula is C15H17N3O4S. The van der Waals surface area contributed by atoms with Crippen molar-refractivity contribution in [1.82, 2.24) is 4.90 Å². The first-order valence-corrected chi connectivity index (χ1v) is 8.04. The van der Waals surface area contributed by atoms with Crippen LogP contribution in [0.2, 0.25) is 0 Å².